The first kappa shape index (κ1) is 33.4. The highest BCUT2D eigenvalue weighted by atomic mass is 15.2. The van der Waals surface area contributed by atoms with Crippen molar-refractivity contribution in [3.05, 3.63) is 226 Å². The van der Waals surface area contributed by atoms with Crippen LogP contribution in [-0.2, 0) is 18.3 Å². The number of benzene rings is 8. The molecule has 2 aliphatic heterocycles. The van der Waals surface area contributed by atoms with Gasteiger partial charge in [0.05, 0.1) is 0 Å². The fourth-order valence-corrected chi connectivity index (χ4v) is 9.51. The zero-order chi connectivity index (χ0) is 38.1. The summed E-state index contributed by atoms with van der Waals surface area (Å²) in [5.74, 6) is 0. The molecule has 8 aromatic carbocycles. The first-order valence-corrected chi connectivity index (χ1v) is 20.1. The Bertz CT molecular complexity index is 2790. The van der Waals surface area contributed by atoms with E-state index in [9.17, 15) is 0 Å². The number of anilines is 6. The van der Waals surface area contributed by atoms with Crippen molar-refractivity contribution in [3.63, 3.8) is 0 Å². The van der Waals surface area contributed by atoms with Crippen LogP contribution in [0.15, 0.2) is 182 Å². The Balaban J connectivity index is 0.836. The Labute approximate surface area is 335 Å². The van der Waals surface area contributed by atoms with Crippen molar-refractivity contribution in [1.29, 1.82) is 0 Å². The van der Waals surface area contributed by atoms with Gasteiger partial charge in [-0.05, 0) is 115 Å². The van der Waals surface area contributed by atoms with Crippen molar-refractivity contribution in [2.75, 3.05) is 9.80 Å². The molecule has 0 N–H and O–H groups in total. The first-order valence-electron chi connectivity index (χ1n) is 20.1. The van der Waals surface area contributed by atoms with E-state index in [1.165, 1.54) is 101 Å². The average Bonchev–Trinajstić information content (AvgIpc) is 3.48. The number of hydrogen-bond acceptors (Lipinski definition) is 2. The molecule has 0 aromatic heterocycles. The van der Waals surface area contributed by atoms with Gasteiger partial charge >= 0.3 is 0 Å². The summed E-state index contributed by atoms with van der Waals surface area (Å²) in [6, 6.07) is 67.2. The van der Waals surface area contributed by atoms with E-state index >= 15 is 0 Å². The fraction of sp³-hybridized carbons (Fsp3) is 0.0909. The van der Waals surface area contributed by atoms with Gasteiger partial charge in [0.15, 0.2) is 0 Å². The summed E-state index contributed by atoms with van der Waals surface area (Å²) in [7, 11) is 0. The Morgan fingerprint density at radius 1 is 0.386 bits per heavy atom. The van der Waals surface area contributed by atoms with E-state index in [1.54, 1.807) is 0 Å². The van der Waals surface area contributed by atoms with Crippen molar-refractivity contribution in [3.8, 4) is 22.3 Å². The van der Waals surface area contributed by atoms with Gasteiger partial charge in [0.2, 0.25) is 0 Å². The first-order chi connectivity index (χ1) is 28.0. The van der Waals surface area contributed by atoms with Gasteiger partial charge in [0.1, 0.15) is 0 Å². The van der Waals surface area contributed by atoms with Crippen molar-refractivity contribution >= 4 is 46.3 Å². The van der Waals surface area contributed by atoms with Crippen LogP contribution in [-0.4, -0.2) is 0 Å². The van der Waals surface area contributed by atoms with E-state index in [2.05, 4.69) is 218 Å². The fourth-order valence-electron chi connectivity index (χ4n) is 9.51. The highest BCUT2D eigenvalue weighted by Gasteiger charge is 2.36. The molecule has 3 aliphatic rings. The zero-order valence-electron chi connectivity index (χ0n) is 32.3. The molecule has 0 atom stereocenters. The topological polar surface area (TPSA) is 6.48 Å². The second-order valence-corrected chi connectivity index (χ2v) is 16.2. The van der Waals surface area contributed by atoms with Gasteiger partial charge in [0, 0.05) is 52.4 Å². The zero-order valence-corrected chi connectivity index (χ0v) is 32.3. The predicted molar refractivity (Wildman–Crippen MR) is 240 cm³/mol. The molecule has 0 unspecified atom stereocenters. The molecule has 0 spiro atoms. The summed E-state index contributed by atoms with van der Waals surface area (Å²) in [6.45, 7) is 4.76. The largest absolute Gasteiger partial charge is 0.310 e. The quantitative estimate of drug-likeness (QED) is 0.163. The smallest absolute Gasteiger partial charge is 0.0497 e. The van der Waals surface area contributed by atoms with Gasteiger partial charge in [-0.25, -0.2) is 0 Å². The van der Waals surface area contributed by atoms with Crippen molar-refractivity contribution in [1.82, 2.24) is 0 Å². The highest BCUT2D eigenvalue weighted by molar-refractivity contribution is 5.89. The minimum atomic E-state index is -0.128. The number of fused-ring (bicyclic) bond motifs is 7. The number of para-hydroxylation sites is 4. The van der Waals surface area contributed by atoms with Gasteiger partial charge in [-0.15, -0.1) is 0 Å². The van der Waals surface area contributed by atoms with Crippen molar-refractivity contribution in [2.45, 2.75) is 32.1 Å². The molecule has 0 saturated heterocycles. The van der Waals surface area contributed by atoms with Crippen LogP contribution in [0.4, 0.5) is 34.1 Å². The molecule has 0 saturated carbocycles. The van der Waals surface area contributed by atoms with Gasteiger partial charge < -0.3 is 9.80 Å². The van der Waals surface area contributed by atoms with Crippen LogP contribution in [0.3, 0.4) is 0 Å². The SMILES string of the molecule is CC1(C)c2cc(C=Cc3ccc(-c4ccc(N5c6ccccc6Cc6ccccc65)cc4)cc3)ccc2-c2ccc(N3c4ccccc4Cc4ccccc43)cc21. The van der Waals surface area contributed by atoms with Gasteiger partial charge in [-0.2, -0.15) is 0 Å². The minimum absolute atomic E-state index is 0.128. The molecule has 0 radical (unpaired) electrons. The molecule has 0 bridgehead atoms. The molecule has 11 rings (SSSR count). The molecule has 8 aromatic rings. The van der Waals surface area contributed by atoms with Crippen molar-refractivity contribution in [2.24, 2.45) is 0 Å². The van der Waals surface area contributed by atoms with E-state index in [0.29, 0.717) is 0 Å². The van der Waals surface area contributed by atoms with Crippen molar-refractivity contribution < 1.29 is 0 Å². The summed E-state index contributed by atoms with van der Waals surface area (Å²) in [5.41, 5.74) is 23.0. The van der Waals surface area contributed by atoms with Crippen LogP contribution in [0.1, 0.15) is 58.4 Å². The second-order valence-electron chi connectivity index (χ2n) is 16.2. The van der Waals surface area contributed by atoms with Crippen LogP contribution >= 0.6 is 0 Å². The van der Waals surface area contributed by atoms with E-state index in [4.69, 9.17) is 0 Å². The highest BCUT2D eigenvalue weighted by Crippen LogP contribution is 2.52. The van der Waals surface area contributed by atoms with Crippen LogP contribution in [0, 0.1) is 0 Å². The van der Waals surface area contributed by atoms with Crippen LogP contribution in [0.5, 0.6) is 0 Å². The van der Waals surface area contributed by atoms with E-state index in [1.807, 2.05) is 0 Å². The third-order valence-electron chi connectivity index (χ3n) is 12.5. The van der Waals surface area contributed by atoms with Crippen LogP contribution in [0.25, 0.3) is 34.4 Å². The lowest BCUT2D eigenvalue weighted by molar-refractivity contribution is 0.660. The minimum Gasteiger partial charge on any atom is -0.310 e. The third-order valence-corrected chi connectivity index (χ3v) is 12.5. The molecular formula is C55H42N2. The summed E-state index contributed by atoms with van der Waals surface area (Å²) in [6.07, 6.45) is 6.42. The number of hydrogen-bond donors (Lipinski definition) is 0. The molecule has 272 valence electrons. The summed E-state index contributed by atoms with van der Waals surface area (Å²) in [4.78, 5) is 4.85. The maximum atomic E-state index is 2.45. The standard InChI is InChI=1S/C55H42N2/c1-55(2)49-33-38(23-31-47(49)48-32-30-46(36-50(48)55)57-53-17-9-5-13-43(53)35-44-14-6-10-18-54(44)57)20-19-37-21-24-39(25-22-37)40-26-28-45(29-27-40)56-51-15-7-3-11-41(51)34-42-12-4-8-16-52(42)56/h3-33,36H,34-35H2,1-2H3. The second kappa shape index (κ2) is 13.1. The predicted octanol–water partition coefficient (Wildman–Crippen LogP) is 14.6. The van der Waals surface area contributed by atoms with E-state index in [-0.39, 0.29) is 5.41 Å². The van der Waals surface area contributed by atoms with Gasteiger partial charge in [0.25, 0.3) is 0 Å². The Hall–Kier alpha value is -6.90. The summed E-state index contributed by atoms with van der Waals surface area (Å²) >= 11 is 0. The molecule has 1 aliphatic carbocycles. The average molecular weight is 731 g/mol. The summed E-state index contributed by atoms with van der Waals surface area (Å²) in [5, 5.41) is 0. The number of rotatable bonds is 5. The molecule has 2 heteroatoms. The lowest BCUT2D eigenvalue weighted by Crippen LogP contribution is -2.20. The normalized spacial score (nSPS) is 14.4. The lowest BCUT2D eigenvalue weighted by atomic mass is 9.81. The van der Waals surface area contributed by atoms with E-state index in [0.717, 1.165) is 12.8 Å². The molecule has 57 heavy (non-hydrogen) atoms. The summed E-state index contributed by atoms with van der Waals surface area (Å²) < 4.78 is 0. The molecule has 2 heterocycles. The van der Waals surface area contributed by atoms with E-state index < -0.39 is 0 Å². The molecule has 0 amide bonds. The van der Waals surface area contributed by atoms with Gasteiger partial charge in [-0.1, -0.05) is 159 Å². The maximum absolute atomic E-state index is 2.45. The monoisotopic (exact) mass is 730 g/mol. The number of nitrogens with zero attached hydrogens (tertiary/aromatic N) is 2. The molecule has 2 nitrogen and oxygen atoms in total. The molecular weight excluding hydrogens is 689 g/mol. The lowest BCUT2D eigenvalue weighted by Gasteiger charge is -2.34. The van der Waals surface area contributed by atoms with Crippen LogP contribution in [0.2, 0.25) is 0 Å². The Kier molecular flexibility index (Phi) is 7.69. The Morgan fingerprint density at radius 3 is 1.30 bits per heavy atom. The molecule has 0 fully saturated rings. The third kappa shape index (κ3) is 5.55. The van der Waals surface area contributed by atoms with Gasteiger partial charge in [-0.3, -0.25) is 0 Å². The van der Waals surface area contributed by atoms with Crippen LogP contribution < -0.4 is 9.80 Å². The maximum Gasteiger partial charge on any atom is 0.0497 e. The Morgan fingerprint density at radius 2 is 0.772 bits per heavy atom.